The first-order valence-corrected chi connectivity index (χ1v) is 7.89. The maximum absolute atomic E-state index is 13.8. The van der Waals surface area contributed by atoms with E-state index in [4.69, 9.17) is 4.74 Å². The second-order valence-corrected chi connectivity index (χ2v) is 5.82. The molecular formula is C19H19FN2O. The summed E-state index contributed by atoms with van der Waals surface area (Å²) in [6.45, 7) is 2.27. The highest BCUT2D eigenvalue weighted by atomic mass is 19.1. The molecule has 1 aliphatic heterocycles. The van der Waals surface area contributed by atoms with Crippen LogP contribution in [-0.2, 0) is 0 Å². The van der Waals surface area contributed by atoms with E-state index in [9.17, 15) is 9.65 Å². The monoisotopic (exact) mass is 310 g/mol. The average Bonchev–Trinajstić information content (AvgIpc) is 2.61. The van der Waals surface area contributed by atoms with Gasteiger partial charge in [-0.1, -0.05) is 24.3 Å². The van der Waals surface area contributed by atoms with E-state index in [2.05, 4.69) is 4.90 Å². The summed E-state index contributed by atoms with van der Waals surface area (Å²) in [5.41, 5.74) is 0.828. The summed E-state index contributed by atoms with van der Waals surface area (Å²) in [7, 11) is 0. The molecule has 1 aliphatic rings. The minimum atomic E-state index is -0.451. The van der Waals surface area contributed by atoms with Crippen LogP contribution in [0.25, 0.3) is 0 Å². The molecule has 0 aliphatic carbocycles. The number of halogens is 1. The first-order valence-electron chi connectivity index (χ1n) is 7.89. The second kappa shape index (κ2) is 7.15. The van der Waals surface area contributed by atoms with E-state index in [1.807, 2.05) is 42.5 Å². The van der Waals surface area contributed by atoms with E-state index in [-0.39, 0.29) is 5.56 Å². The first kappa shape index (κ1) is 15.4. The highest BCUT2D eigenvalue weighted by molar-refractivity contribution is 5.60. The van der Waals surface area contributed by atoms with Gasteiger partial charge < -0.3 is 9.64 Å². The maximum Gasteiger partial charge on any atom is 0.143 e. The standard InChI is InChI=1S/C19H19FN2O/c20-18-9-4-10-19(17(18)12-21)22-11-5-6-15(13-22)14-23-16-7-2-1-3-8-16/h1-4,7-10,15H,5-6,11,13-14H2. The van der Waals surface area contributed by atoms with E-state index in [1.54, 1.807) is 6.07 Å². The fraction of sp³-hybridized carbons (Fsp3) is 0.316. The van der Waals surface area contributed by atoms with Gasteiger partial charge in [0.2, 0.25) is 0 Å². The number of hydrogen-bond acceptors (Lipinski definition) is 3. The zero-order valence-electron chi connectivity index (χ0n) is 12.9. The topological polar surface area (TPSA) is 36.3 Å². The average molecular weight is 310 g/mol. The fourth-order valence-electron chi connectivity index (χ4n) is 3.04. The molecule has 118 valence electrons. The van der Waals surface area contributed by atoms with E-state index < -0.39 is 5.82 Å². The largest absolute Gasteiger partial charge is 0.493 e. The summed E-state index contributed by atoms with van der Waals surface area (Å²) in [6.07, 6.45) is 2.10. The van der Waals surface area contributed by atoms with Crippen LogP contribution in [-0.4, -0.2) is 19.7 Å². The highest BCUT2D eigenvalue weighted by Crippen LogP contribution is 2.28. The molecule has 3 rings (SSSR count). The molecule has 3 nitrogen and oxygen atoms in total. The number of anilines is 1. The normalized spacial score (nSPS) is 17.6. The van der Waals surface area contributed by atoms with Crippen molar-refractivity contribution in [2.45, 2.75) is 12.8 Å². The molecular weight excluding hydrogens is 291 g/mol. The van der Waals surface area contributed by atoms with Gasteiger partial charge in [0.1, 0.15) is 23.2 Å². The third-order valence-corrected chi connectivity index (χ3v) is 4.19. The molecule has 23 heavy (non-hydrogen) atoms. The summed E-state index contributed by atoms with van der Waals surface area (Å²) in [4.78, 5) is 2.10. The molecule has 0 bridgehead atoms. The Balaban J connectivity index is 1.67. The van der Waals surface area contributed by atoms with Crippen LogP contribution >= 0.6 is 0 Å². The predicted octanol–water partition coefficient (Wildman–Crippen LogP) is 3.99. The molecule has 0 aromatic heterocycles. The molecule has 0 saturated carbocycles. The predicted molar refractivity (Wildman–Crippen MR) is 88.0 cm³/mol. The van der Waals surface area contributed by atoms with E-state index >= 15 is 0 Å². The molecule has 1 heterocycles. The molecule has 4 heteroatoms. The second-order valence-electron chi connectivity index (χ2n) is 5.82. The summed E-state index contributed by atoms with van der Waals surface area (Å²) in [5, 5.41) is 9.21. The highest BCUT2D eigenvalue weighted by Gasteiger charge is 2.23. The van der Waals surface area contributed by atoms with Crippen molar-refractivity contribution in [3.8, 4) is 11.8 Å². The molecule has 1 atom stereocenters. The molecule has 2 aromatic rings. The molecule has 0 spiro atoms. The van der Waals surface area contributed by atoms with Gasteiger partial charge in [-0.05, 0) is 37.1 Å². The minimum absolute atomic E-state index is 0.136. The van der Waals surface area contributed by atoms with Crippen LogP contribution < -0.4 is 9.64 Å². The van der Waals surface area contributed by atoms with Gasteiger partial charge in [-0.2, -0.15) is 5.26 Å². The number of nitrogens with zero attached hydrogens (tertiary/aromatic N) is 2. The Labute approximate surface area is 135 Å². The smallest absolute Gasteiger partial charge is 0.143 e. The molecule has 1 fully saturated rings. The number of hydrogen-bond donors (Lipinski definition) is 0. The third kappa shape index (κ3) is 3.62. The van der Waals surface area contributed by atoms with Crippen molar-refractivity contribution in [3.63, 3.8) is 0 Å². The lowest BCUT2D eigenvalue weighted by Gasteiger charge is -2.34. The Hall–Kier alpha value is -2.54. The zero-order valence-corrected chi connectivity index (χ0v) is 12.9. The SMILES string of the molecule is N#Cc1c(F)cccc1N1CCCC(COc2ccccc2)C1. The van der Waals surface area contributed by atoms with Crippen LogP contribution in [0.1, 0.15) is 18.4 Å². The third-order valence-electron chi connectivity index (χ3n) is 4.19. The Kier molecular flexibility index (Phi) is 4.77. The van der Waals surface area contributed by atoms with E-state index in [0.717, 1.165) is 31.7 Å². The molecule has 1 unspecified atom stereocenters. The molecule has 1 saturated heterocycles. The Morgan fingerprint density at radius 3 is 2.78 bits per heavy atom. The molecule has 0 amide bonds. The van der Waals surface area contributed by atoms with E-state index in [0.29, 0.717) is 18.2 Å². The zero-order chi connectivity index (χ0) is 16.1. The van der Waals surface area contributed by atoms with Crippen molar-refractivity contribution in [1.29, 1.82) is 5.26 Å². The summed E-state index contributed by atoms with van der Waals surface area (Å²) < 4.78 is 19.6. The van der Waals surface area contributed by atoms with Crippen molar-refractivity contribution >= 4 is 5.69 Å². The van der Waals surface area contributed by atoms with E-state index in [1.165, 1.54) is 6.07 Å². The number of para-hydroxylation sites is 1. The van der Waals surface area contributed by atoms with Gasteiger partial charge in [0.25, 0.3) is 0 Å². The van der Waals surface area contributed by atoms with Gasteiger partial charge in [0.05, 0.1) is 12.3 Å². The van der Waals surface area contributed by atoms with Crippen molar-refractivity contribution in [2.24, 2.45) is 5.92 Å². The number of nitriles is 1. The van der Waals surface area contributed by atoms with Crippen LogP contribution in [0.5, 0.6) is 5.75 Å². The van der Waals surface area contributed by atoms with Crippen molar-refractivity contribution in [2.75, 3.05) is 24.6 Å². The van der Waals surface area contributed by atoms with Gasteiger partial charge in [0.15, 0.2) is 0 Å². The Bertz CT molecular complexity index is 696. The summed E-state index contributed by atoms with van der Waals surface area (Å²) in [6, 6.07) is 16.6. The van der Waals surface area contributed by atoms with Crippen LogP contribution in [0.2, 0.25) is 0 Å². The van der Waals surface area contributed by atoms with Gasteiger partial charge in [-0.3, -0.25) is 0 Å². The van der Waals surface area contributed by atoms with Crippen LogP contribution in [0, 0.1) is 23.1 Å². The lowest BCUT2D eigenvalue weighted by molar-refractivity contribution is 0.229. The number of ether oxygens (including phenoxy) is 1. The Morgan fingerprint density at radius 1 is 1.17 bits per heavy atom. The quantitative estimate of drug-likeness (QED) is 0.856. The van der Waals surface area contributed by atoms with Crippen molar-refractivity contribution in [3.05, 3.63) is 59.9 Å². The van der Waals surface area contributed by atoms with Gasteiger partial charge in [-0.25, -0.2) is 4.39 Å². The lowest BCUT2D eigenvalue weighted by Crippen LogP contribution is -2.38. The van der Waals surface area contributed by atoms with Gasteiger partial charge in [0, 0.05) is 19.0 Å². The molecule has 0 N–H and O–H groups in total. The van der Waals surface area contributed by atoms with Gasteiger partial charge in [-0.15, -0.1) is 0 Å². The molecule has 0 radical (unpaired) electrons. The first-order chi connectivity index (χ1) is 11.3. The van der Waals surface area contributed by atoms with Crippen molar-refractivity contribution in [1.82, 2.24) is 0 Å². The van der Waals surface area contributed by atoms with Gasteiger partial charge >= 0.3 is 0 Å². The van der Waals surface area contributed by atoms with Crippen molar-refractivity contribution < 1.29 is 9.13 Å². The number of benzene rings is 2. The minimum Gasteiger partial charge on any atom is -0.493 e. The number of piperidine rings is 1. The van der Waals surface area contributed by atoms with Crippen LogP contribution in [0.4, 0.5) is 10.1 Å². The lowest BCUT2D eigenvalue weighted by atomic mass is 9.97. The fourth-order valence-corrected chi connectivity index (χ4v) is 3.04. The van der Waals surface area contributed by atoms with Crippen LogP contribution in [0.3, 0.4) is 0 Å². The summed E-state index contributed by atoms with van der Waals surface area (Å²) >= 11 is 0. The Morgan fingerprint density at radius 2 is 2.00 bits per heavy atom. The number of rotatable bonds is 4. The van der Waals surface area contributed by atoms with Crippen LogP contribution in [0.15, 0.2) is 48.5 Å². The summed E-state index contributed by atoms with van der Waals surface area (Å²) in [5.74, 6) is 0.791. The molecule has 2 aromatic carbocycles. The maximum atomic E-state index is 13.8.